The predicted molar refractivity (Wildman–Crippen MR) is 47.3 cm³/mol. The van der Waals surface area contributed by atoms with Gasteiger partial charge < -0.3 is 5.32 Å². The lowest BCUT2D eigenvalue weighted by Crippen LogP contribution is -2.55. The van der Waals surface area contributed by atoms with E-state index in [0.29, 0.717) is 6.04 Å². The zero-order chi connectivity index (χ0) is 8.27. The second-order valence-electron chi connectivity index (χ2n) is 3.28. The summed E-state index contributed by atoms with van der Waals surface area (Å²) in [5, 5.41) is 8.03. The van der Waals surface area contributed by atoms with Gasteiger partial charge in [-0.1, -0.05) is 6.92 Å². The molecule has 0 saturated carbocycles. The molecule has 1 N–H and O–H groups in total. The Kier molecular flexibility index (Phi) is 3.30. The summed E-state index contributed by atoms with van der Waals surface area (Å²) >= 11 is 0. The first-order chi connectivity index (χ1) is 5.25. The van der Waals surface area contributed by atoms with Crippen LogP contribution < -0.4 is 5.32 Å². The summed E-state index contributed by atoms with van der Waals surface area (Å²) in [4.78, 5) is 0. The zero-order valence-corrected chi connectivity index (χ0v) is 7.80. The maximum absolute atomic E-state index is 3.40. The average Bonchev–Trinajstić information content (AvgIpc) is 2.04. The molecule has 0 aliphatic carbocycles. The Hall–Kier alpha value is -0.120. The molecular weight excluding hydrogens is 138 g/mol. The van der Waals surface area contributed by atoms with Crippen molar-refractivity contribution in [2.24, 2.45) is 0 Å². The van der Waals surface area contributed by atoms with Crippen molar-refractivity contribution in [2.45, 2.75) is 19.4 Å². The van der Waals surface area contributed by atoms with Gasteiger partial charge in [-0.25, -0.2) is 10.0 Å². The third-order valence-corrected chi connectivity index (χ3v) is 2.30. The summed E-state index contributed by atoms with van der Waals surface area (Å²) in [6.45, 7) is 5.64. The van der Waals surface area contributed by atoms with E-state index in [0.717, 1.165) is 19.6 Å². The molecular formula is C8H19N3. The third kappa shape index (κ3) is 2.15. The van der Waals surface area contributed by atoms with Gasteiger partial charge in [-0.3, -0.25) is 0 Å². The third-order valence-electron chi connectivity index (χ3n) is 2.30. The van der Waals surface area contributed by atoms with Gasteiger partial charge in [0.2, 0.25) is 0 Å². The first-order valence-electron chi connectivity index (χ1n) is 4.40. The molecule has 1 saturated heterocycles. The van der Waals surface area contributed by atoms with Gasteiger partial charge in [0.05, 0.1) is 0 Å². The summed E-state index contributed by atoms with van der Waals surface area (Å²) in [5.41, 5.74) is 0. The van der Waals surface area contributed by atoms with Gasteiger partial charge in [0.15, 0.2) is 0 Å². The van der Waals surface area contributed by atoms with Crippen LogP contribution >= 0.6 is 0 Å². The van der Waals surface area contributed by atoms with E-state index in [4.69, 9.17) is 0 Å². The normalized spacial score (nSPS) is 27.8. The van der Waals surface area contributed by atoms with Crippen LogP contribution in [0, 0.1) is 0 Å². The molecule has 1 aliphatic rings. The van der Waals surface area contributed by atoms with Crippen molar-refractivity contribution >= 4 is 0 Å². The SMILES string of the molecule is CCC1CNCCN1N(C)C. The van der Waals surface area contributed by atoms with E-state index in [-0.39, 0.29) is 0 Å². The zero-order valence-electron chi connectivity index (χ0n) is 7.80. The Morgan fingerprint density at radius 1 is 1.55 bits per heavy atom. The Balaban J connectivity index is 2.44. The number of hydrogen-bond donors (Lipinski definition) is 1. The van der Waals surface area contributed by atoms with Crippen LogP contribution in [0.3, 0.4) is 0 Å². The molecule has 0 aromatic rings. The average molecular weight is 157 g/mol. The molecule has 1 heterocycles. The van der Waals surface area contributed by atoms with E-state index < -0.39 is 0 Å². The smallest absolute Gasteiger partial charge is 0.0368 e. The molecule has 0 aromatic heterocycles. The number of nitrogens with zero attached hydrogens (tertiary/aromatic N) is 2. The fraction of sp³-hybridized carbons (Fsp3) is 1.00. The van der Waals surface area contributed by atoms with Gasteiger partial charge in [-0.05, 0) is 6.42 Å². The van der Waals surface area contributed by atoms with Gasteiger partial charge >= 0.3 is 0 Å². The van der Waals surface area contributed by atoms with E-state index in [2.05, 4.69) is 36.4 Å². The lowest BCUT2D eigenvalue weighted by Gasteiger charge is -2.39. The highest BCUT2D eigenvalue weighted by Gasteiger charge is 2.21. The summed E-state index contributed by atoms with van der Waals surface area (Å²) in [6.07, 6.45) is 1.23. The molecule has 0 spiro atoms. The highest BCUT2D eigenvalue weighted by molar-refractivity contribution is 4.75. The fourth-order valence-corrected chi connectivity index (χ4v) is 1.63. The molecule has 1 atom stereocenters. The molecule has 1 fully saturated rings. The van der Waals surface area contributed by atoms with E-state index in [9.17, 15) is 0 Å². The van der Waals surface area contributed by atoms with Crippen LogP contribution in [0.5, 0.6) is 0 Å². The molecule has 0 radical (unpaired) electrons. The van der Waals surface area contributed by atoms with Gasteiger partial charge in [-0.2, -0.15) is 0 Å². The molecule has 0 amide bonds. The molecule has 66 valence electrons. The molecule has 1 aliphatic heterocycles. The van der Waals surface area contributed by atoms with Crippen LogP contribution in [-0.4, -0.2) is 49.8 Å². The molecule has 1 rings (SSSR count). The topological polar surface area (TPSA) is 18.5 Å². The Bertz CT molecular complexity index is 114. The number of rotatable bonds is 2. The van der Waals surface area contributed by atoms with E-state index >= 15 is 0 Å². The fourth-order valence-electron chi connectivity index (χ4n) is 1.63. The highest BCUT2D eigenvalue weighted by Crippen LogP contribution is 2.07. The van der Waals surface area contributed by atoms with Crippen molar-refractivity contribution in [3.8, 4) is 0 Å². The van der Waals surface area contributed by atoms with Crippen molar-refractivity contribution < 1.29 is 0 Å². The van der Waals surface area contributed by atoms with Crippen LogP contribution in [0.4, 0.5) is 0 Å². The maximum Gasteiger partial charge on any atom is 0.0368 e. The Morgan fingerprint density at radius 2 is 2.27 bits per heavy atom. The van der Waals surface area contributed by atoms with Crippen molar-refractivity contribution in [1.82, 2.24) is 15.3 Å². The van der Waals surface area contributed by atoms with E-state index in [1.54, 1.807) is 0 Å². The number of hydrogen-bond acceptors (Lipinski definition) is 3. The highest BCUT2D eigenvalue weighted by atomic mass is 15.6. The monoisotopic (exact) mass is 157 g/mol. The lowest BCUT2D eigenvalue weighted by molar-refractivity contribution is -0.0331. The Labute approximate surface area is 69.3 Å². The number of piperazine rings is 1. The maximum atomic E-state index is 3.40. The molecule has 0 aromatic carbocycles. The second-order valence-corrected chi connectivity index (χ2v) is 3.28. The largest absolute Gasteiger partial charge is 0.314 e. The summed E-state index contributed by atoms with van der Waals surface area (Å²) in [6, 6.07) is 0.693. The first-order valence-corrected chi connectivity index (χ1v) is 4.40. The van der Waals surface area contributed by atoms with Crippen LogP contribution in [-0.2, 0) is 0 Å². The van der Waals surface area contributed by atoms with Crippen molar-refractivity contribution in [1.29, 1.82) is 0 Å². The lowest BCUT2D eigenvalue weighted by atomic mass is 10.2. The Morgan fingerprint density at radius 3 is 2.73 bits per heavy atom. The van der Waals surface area contributed by atoms with Crippen LogP contribution in [0.25, 0.3) is 0 Å². The van der Waals surface area contributed by atoms with Crippen LogP contribution in [0.1, 0.15) is 13.3 Å². The van der Waals surface area contributed by atoms with Gasteiger partial charge in [0.1, 0.15) is 0 Å². The molecule has 3 nitrogen and oxygen atoms in total. The number of hydrazine groups is 1. The van der Waals surface area contributed by atoms with Crippen LogP contribution in [0.2, 0.25) is 0 Å². The molecule has 0 bridgehead atoms. The predicted octanol–water partition coefficient (Wildman–Crippen LogP) is 0.147. The minimum absolute atomic E-state index is 0.693. The van der Waals surface area contributed by atoms with E-state index in [1.807, 2.05) is 0 Å². The second kappa shape index (κ2) is 4.04. The van der Waals surface area contributed by atoms with Gasteiger partial charge in [0, 0.05) is 39.8 Å². The van der Waals surface area contributed by atoms with Crippen LogP contribution in [0.15, 0.2) is 0 Å². The van der Waals surface area contributed by atoms with Gasteiger partial charge in [0.25, 0.3) is 0 Å². The number of nitrogens with one attached hydrogen (secondary N) is 1. The standard InChI is InChI=1S/C8H19N3/c1-4-8-7-9-5-6-11(8)10(2)3/h8-9H,4-7H2,1-3H3. The molecule has 1 unspecified atom stereocenters. The minimum atomic E-state index is 0.693. The molecule has 3 heteroatoms. The van der Waals surface area contributed by atoms with E-state index in [1.165, 1.54) is 6.42 Å². The summed E-state index contributed by atoms with van der Waals surface area (Å²) in [5.74, 6) is 0. The van der Waals surface area contributed by atoms with Crippen molar-refractivity contribution in [3.05, 3.63) is 0 Å². The first kappa shape index (κ1) is 8.97. The minimum Gasteiger partial charge on any atom is -0.314 e. The summed E-state index contributed by atoms with van der Waals surface area (Å²) < 4.78 is 0. The quantitative estimate of drug-likeness (QED) is 0.615. The van der Waals surface area contributed by atoms with Gasteiger partial charge in [-0.15, -0.1) is 0 Å². The van der Waals surface area contributed by atoms with Crippen molar-refractivity contribution in [2.75, 3.05) is 33.7 Å². The molecule has 11 heavy (non-hydrogen) atoms. The summed E-state index contributed by atoms with van der Waals surface area (Å²) in [7, 11) is 4.24. The van der Waals surface area contributed by atoms with Crippen molar-refractivity contribution in [3.63, 3.8) is 0 Å².